The number of nitriles is 1. The number of likely N-dealkylation sites (N-methyl/N-ethyl adjacent to an activating group) is 1. The Labute approximate surface area is 172 Å². The number of fused-ring (bicyclic) bond motifs is 2. The van der Waals surface area contributed by atoms with Gasteiger partial charge in [0, 0.05) is 37.3 Å². The summed E-state index contributed by atoms with van der Waals surface area (Å²) in [5.41, 5.74) is 10.4. The lowest BCUT2D eigenvalue weighted by atomic mass is 10.1. The summed E-state index contributed by atoms with van der Waals surface area (Å²) in [6.45, 7) is 3.99. The van der Waals surface area contributed by atoms with Crippen molar-refractivity contribution >= 4 is 33.3 Å². The molecule has 2 aromatic heterocycles. The molecule has 1 saturated heterocycles. The molecule has 8 heteroatoms. The smallest absolute Gasteiger partial charge is 0.261 e. The number of imidazole rings is 1. The lowest BCUT2D eigenvalue weighted by molar-refractivity contribution is 0.313. The highest BCUT2D eigenvalue weighted by molar-refractivity contribution is 5.98. The van der Waals surface area contributed by atoms with Gasteiger partial charge in [-0.15, -0.1) is 0 Å². The van der Waals surface area contributed by atoms with Crippen molar-refractivity contribution in [1.82, 2.24) is 19.9 Å². The van der Waals surface area contributed by atoms with Crippen LogP contribution in [0.15, 0.2) is 41.2 Å². The van der Waals surface area contributed by atoms with Crippen LogP contribution >= 0.6 is 0 Å². The van der Waals surface area contributed by atoms with Gasteiger partial charge in [-0.05, 0) is 43.4 Å². The van der Waals surface area contributed by atoms with Gasteiger partial charge in [-0.2, -0.15) is 5.26 Å². The molecule has 150 valence electrons. The molecule has 0 spiro atoms. The van der Waals surface area contributed by atoms with Gasteiger partial charge in [0.2, 0.25) is 0 Å². The summed E-state index contributed by atoms with van der Waals surface area (Å²) in [6, 6.07) is 13.2. The van der Waals surface area contributed by atoms with E-state index < -0.39 is 0 Å². The fourth-order valence-electron chi connectivity index (χ4n) is 4.00. The molecular weight excluding hydrogens is 378 g/mol. The van der Waals surface area contributed by atoms with Gasteiger partial charge in [0.15, 0.2) is 0 Å². The van der Waals surface area contributed by atoms with Crippen LogP contribution in [0, 0.1) is 11.3 Å². The molecule has 0 amide bonds. The highest BCUT2D eigenvalue weighted by atomic mass is 16.1. The predicted octanol–water partition coefficient (Wildman–Crippen LogP) is 2.28. The number of anilines is 2. The molecule has 4 aromatic rings. The van der Waals surface area contributed by atoms with Crippen molar-refractivity contribution < 1.29 is 0 Å². The van der Waals surface area contributed by atoms with Crippen molar-refractivity contribution in [1.29, 1.82) is 5.26 Å². The number of hydrogen-bond acceptors (Lipinski definition) is 6. The lowest BCUT2D eigenvalue weighted by Gasteiger charge is -2.34. The van der Waals surface area contributed by atoms with E-state index in [0.717, 1.165) is 42.9 Å². The van der Waals surface area contributed by atoms with Crippen LogP contribution in [0.3, 0.4) is 0 Å². The van der Waals surface area contributed by atoms with Gasteiger partial charge in [0.05, 0.1) is 33.9 Å². The Morgan fingerprint density at radius 3 is 2.60 bits per heavy atom. The van der Waals surface area contributed by atoms with E-state index in [1.54, 1.807) is 18.2 Å². The third-order valence-corrected chi connectivity index (χ3v) is 5.76. The van der Waals surface area contributed by atoms with Crippen molar-refractivity contribution in [2.45, 2.75) is 0 Å². The number of piperazine rings is 1. The van der Waals surface area contributed by atoms with Gasteiger partial charge in [-0.1, -0.05) is 0 Å². The molecule has 1 aliphatic heterocycles. The quantitative estimate of drug-likeness (QED) is 0.476. The average Bonchev–Trinajstić information content (AvgIpc) is 3.16. The third kappa shape index (κ3) is 2.96. The number of nitrogens with zero attached hydrogens (tertiary/aromatic N) is 4. The number of pyridine rings is 1. The van der Waals surface area contributed by atoms with Crippen LogP contribution in [0.5, 0.6) is 0 Å². The summed E-state index contributed by atoms with van der Waals surface area (Å²) in [4.78, 5) is 28.1. The zero-order chi connectivity index (χ0) is 20.8. The Bertz CT molecular complexity index is 1370. The van der Waals surface area contributed by atoms with Gasteiger partial charge in [0.1, 0.15) is 11.4 Å². The van der Waals surface area contributed by atoms with Crippen LogP contribution in [-0.2, 0) is 0 Å². The van der Waals surface area contributed by atoms with Crippen LogP contribution in [0.1, 0.15) is 5.56 Å². The summed E-state index contributed by atoms with van der Waals surface area (Å²) in [5.74, 6) is 0.420. The Morgan fingerprint density at radius 2 is 1.83 bits per heavy atom. The highest BCUT2D eigenvalue weighted by Gasteiger charge is 2.18. The maximum atomic E-state index is 12.8. The second-order valence-corrected chi connectivity index (χ2v) is 7.69. The molecule has 0 saturated carbocycles. The van der Waals surface area contributed by atoms with Crippen LogP contribution in [-0.4, -0.2) is 53.1 Å². The molecule has 3 heterocycles. The minimum atomic E-state index is -0.317. The molecule has 1 fully saturated rings. The lowest BCUT2D eigenvalue weighted by Crippen LogP contribution is -2.44. The molecule has 0 bridgehead atoms. The number of nitrogen functional groups attached to an aromatic ring is 1. The second kappa shape index (κ2) is 6.90. The Hall–Kier alpha value is -3.83. The zero-order valence-corrected chi connectivity index (χ0v) is 16.6. The molecule has 1 aliphatic rings. The van der Waals surface area contributed by atoms with E-state index in [4.69, 9.17) is 5.73 Å². The summed E-state index contributed by atoms with van der Waals surface area (Å²) in [5, 5.41) is 9.81. The van der Waals surface area contributed by atoms with Crippen molar-refractivity contribution in [3.63, 3.8) is 0 Å². The van der Waals surface area contributed by atoms with Crippen LogP contribution in [0.4, 0.5) is 11.4 Å². The predicted molar refractivity (Wildman–Crippen MR) is 118 cm³/mol. The fraction of sp³-hybridized carbons (Fsp3) is 0.227. The van der Waals surface area contributed by atoms with E-state index in [1.165, 1.54) is 0 Å². The molecule has 0 radical (unpaired) electrons. The first-order valence-corrected chi connectivity index (χ1v) is 9.83. The summed E-state index contributed by atoms with van der Waals surface area (Å²) >= 11 is 0. The molecule has 2 aromatic carbocycles. The molecule has 5 rings (SSSR count). The van der Waals surface area contributed by atoms with Gasteiger partial charge >= 0.3 is 0 Å². The number of hydrogen-bond donors (Lipinski definition) is 3. The summed E-state index contributed by atoms with van der Waals surface area (Å²) < 4.78 is 0. The van der Waals surface area contributed by atoms with E-state index in [9.17, 15) is 10.1 Å². The van der Waals surface area contributed by atoms with Crippen molar-refractivity contribution in [2.24, 2.45) is 0 Å². The number of aromatic amines is 2. The first kappa shape index (κ1) is 18.2. The van der Waals surface area contributed by atoms with E-state index in [0.29, 0.717) is 28.0 Å². The molecule has 0 aliphatic carbocycles. The fourth-order valence-corrected chi connectivity index (χ4v) is 4.00. The van der Waals surface area contributed by atoms with Crippen molar-refractivity contribution in [3.8, 4) is 17.5 Å². The zero-order valence-electron chi connectivity index (χ0n) is 16.6. The van der Waals surface area contributed by atoms with Crippen molar-refractivity contribution in [2.75, 3.05) is 43.9 Å². The van der Waals surface area contributed by atoms with E-state index in [2.05, 4.69) is 43.9 Å². The van der Waals surface area contributed by atoms with Gasteiger partial charge < -0.3 is 25.5 Å². The Kier molecular flexibility index (Phi) is 4.19. The van der Waals surface area contributed by atoms with E-state index in [-0.39, 0.29) is 11.1 Å². The van der Waals surface area contributed by atoms with Crippen LogP contribution in [0.2, 0.25) is 0 Å². The molecule has 30 heavy (non-hydrogen) atoms. The first-order chi connectivity index (χ1) is 14.5. The largest absolute Gasteiger partial charge is 0.397 e. The number of rotatable bonds is 2. The Morgan fingerprint density at radius 1 is 1.07 bits per heavy atom. The normalized spacial score (nSPS) is 15.0. The maximum absolute atomic E-state index is 12.8. The molecular formula is C22H21N7O. The summed E-state index contributed by atoms with van der Waals surface area (Å²) in [6.07, 6.45) is 0. The van der Waals surface area contributed by atoms with Gasteiger partial charge in [0.25, 0.3) is 5.56 Å². The highest BCUT2D eigenvalue weighted by Crippen LogP contribution is 2.30. The third-order valence-electron chi connectivity index (χ3n) is 5.76. The SMILES string of the molecule is CN1CCN(c2ccc3[nH]c(-c4c(N)c5cc(C#N)ccc5[nH]c4=O)nc3c2)CC1. The average molecular weight is 399 g/mol. The van der Waals surface area contributed by atoms with Crippen molar-refractivity contribution in [3.05, 3.63) is 52.3 Å². The monoisotopic (exact) mass is 399 g/mol. The number of H-pyrrole nitrogens is 2. The standard InChI is InChI=1S/C22H21N7O/c1-28-6-8-29(9-7-28)14-3-5-17-18(11-14)26-21(25-17)19-20(24)15-10-13(12-23)2-4-16(15)27-22(19)30/h2-5,10-11H,6-9H2,1H3,(H,25,26)(H3,24,27,30). The van der Waals surface area contributed by atoms with Crippen LogP contribution in [0.25, 0.3) is 33.3 Å². The Balaban J connectivity index is 1.60. The van der Waals surface area contributed by atoms with E-state index in [1.807, 2.05) is 12.1 Å². The molecule has 8 nitrogen and oxygen atoms in total. The minimum Gasteiger partial charge on any atom is -0.397 e. The van der Waals surface area contributed by atoms with Gasteiger partial charge in [-0.3, -0.25) is 4.79 Å². The molecule has 0 atom stereocenters. The summed E-state index contributed by atoms with van der Waals surface area (Å²) in [7, 11) is 2.13. The molecule has 0 unspecified atom stereocenters. The van der Waals surface area contributed by atoms with E-state index >= 15 is 0 Å². The van der Waals surface area contributed by atoms with Gasteiger partial charge in [-0.25, -0.2) is 4.98 Å². The number of benzene rings is 2. The maximum Gasteiger partial charge on any atom is 0.261 e. The first-order valence-electron chi connectivity index (χ1n) is 9.83. The topological polar surface area (TPSA) is 118 Å². The number of nitrogens with one attached hydrogen (secondary N) is 2. The number of aromatic nitrogens is 3. The molecule has 4 N–H and O–H groups in total. The number of nitrogens with two attached hydrogens (primary N) is 1. The minimum absolute atomic E-state index is 0.287. The van der Waals surface area contributed by atoms with Crippen LogP contribution < -0.4 is 16.2 Å². The second-order valence-electron chi connectivity index (χ2n) is 7.69.